The molecule has 0 fully saturated rings. The summed E-state index contributed by atoms with van der Waals surface area (Å²) in [6, 6.07) is -0.543. The van der Waals surface area contributed by atoms with Crippen LogP contribution in [-0.2, 0) is 14.3 Å². The fourth-order valence-electron chi connectivity index (χ4n) is 10.1. The lowest BCUT2D eigenvalue weighted by Gasteiger charge is -2.22. The van der Waals surface area contributed by atoms with Crippen LogP contribution in [0.2, 0.25) is 0 Å². The molecule has 0 aliphatic heterocycles. The van der Waals surface area contributed by atoms with Gasteiger partial charge in [-0.1, -0.05) is 308 Å². The highest BCUT2D eigenvalue weighted by molar-refractivity contribution is 5.76. The first-order valence-electron chi connectivity index (χ1n) is 32.1. The van der Waals surface area contributed by atoms with Crippen LogP contribution in [-0.4, -0.2) is 47.4 Å². The number of allylic oxidation sites excluding steroid dienone is 4. The normalized spacial score (nSPS) is 12.7. The van der Waals surface area contributed by atoms with Crippen molar-refractivity contribution < 1.29 is 24.5 Å². The standard InChI is InChI=1S/C65H125NO5/c1-3-5-7-9-11-13-15-17-35-39-43-47-51-55-59-65(70)71-60-56-52-48-44-40-36-32-30-28-26-24-22-20-18-19-21-23-25-27-29-31-34-38-42-46-50-54-58-64(69)66-62(61-67)63(68)57-53-49-45-41-37-33-16-14-12-10-8-6-4-2/h18-19,22,24,62-63,67-68H,3-17,20-21,23,25-61H2,1-2H3,(H,66,69)/b19-18-,24-22-. The monoisotopic (exact) mass is 1000 g/mol. The predicted octanol–water partition coefficient (Wildman–Crippen LogP) is 20.2. The molecule has 6 nitrogen and oxygen atoms in total. The third-order valence-electron chi connectivity index (χ3n) is 15.0. The van der Waals surface area contributed by atoms with Gasteiger partial charge in [0.05, 0.1) is 25.4 Å². The van der Waals surface area contributed by atoms with Gasteiger partial charge in [-0.25, -0.2) is 0 Å². The summed E-state index contributed by atoms with van der Waals surface area (Å²) in [5.41, 5.74) is 0. The summed E-state index contributed by atoms with van der Waals surface area (Å²) in [5, 5.41) is 23.3. The smallest absolute Gasteiger partial charge is 0.305 e. The number of rotatable bonds is 60. The van der Waals surface area contributed by atoms with Gasteiger partial charge >= 0.3 is 5.97 Å². The van der Waals surface area contributed by atoms with Gasteiger partial charge < -0.3 is 20.3 Å². The molecular formula is C65H125NO5. The highest BCUT2D eigenvalue weighted by atomic mass is 16.5. The summed E-state index contributed by atoms with van der Waals surface area (Å²) >= 11 is 0. The van der Waals surface area contributed by atoms with Crippen molar-refractivity contribution in [2.45, 2.75) is 366 Å². The molecule has 0 radical (unpaired) electrons. The molecule has 0 rings (SSSR count). The Balaban J connectivity index is 3.40. The zero-order valence-corrected chi connectivity index (χ0v) is 48.0. The molecule has 0 bridgehead atoms. The molecule has 420 valence electrons. The Bertz CT molecular complexity index is 1110. The average molecular weight is 1000 g/mol. The van der Waals surface area contributed by atoms with Crippen LogP contribution >= 0.6 is 0 Å². The van der Waals surface area contributed by atoms with E-state index in [0.29, 0.717) is 25.9 Å². The van der Waals surface area contributed by atoms with Gasteiger partial charge in [-0.3, -0.25) is 9.59 Å². The lowest BCUT2D eigenvalue weighted by atomic mass is 10.0. The van der Waals surface area contributed by atoms with E-state index in [4.69, 9.17) is 4.74 Å². The van der Waals surface area contributed by atoms with Crippen molar-refractivity contribution in [1.29, 1.82) is 0 Å². The van der Waals surface area contributed by atoms with Crippen LogP contribution in [0.4, 0.5) is 0 Å². The lowest BCUT2D eigenvalue weighted by molar-refractivity contribution is -0.143. The van der Waals surface area contributed by atoms with Gasteiger partial charge in [0.1, 0.15) is 0 Å². The molecule has 71 heavy (non-hydrogen) atoms. The van der Waals surface area contributed by atoms with E-state index in [0.717, 1.165) is 44.9 Å². The third-order valence-corrected chi connectivity index (χ3v) is 15.0. The molecule has 0 aliphatic carbocycles. The van der Waals surface area contributed by atoms with E-state index in [1.54, 1.807) is 0 Å². The van der Waals surface area contributed by atoms with Gasteiger partial charge in [0, 0.05) is 12.8 Å². The molecule has 0 spiro atoms. The molecule has 0 aliphatic rings. The van der Waals surface area contributed by atoms with Crippen molar-refractivity contribution in [1.82, 2.24) is 5.32 Å². The summed E-state index contributed by atoms with van der Waals surface area (Å²) in [5.74, 6) is -0.0236. The number of aliphatic hydroxyl groups excluding tert-OH is 2. The van der Waals surface area contributed by atoms with E-state index in [9.17, 15) is 19.8 Å². The first-order chi connectivity index (χ1) is 35.0. The first-order valence-corrected chi connectivity index (χ1v) is 32.1. The van der Waals surface area contributed by atoms with Crippen LogP contribution in [0.3, 0.4) is 0 Å². The first kappa shape index (κ1) is 69.3. The number of hydrogen-bond acceptors (Lipinski definition) is 5. The number of ether oxygens (including phenoxy) is 1. The zero-order valence-electron chi connectivity index (χ0n) is 48.0. The van der Waals surface area contributed by atoms with Crippen molar-refractivity contribution in [2.75, 3.05) is 13.2 Å². The summed E-state index contributed by atoms with van der Waals surface area (Å²) in [7, 11) is 0. The largest absolute Gasteiger partial charge is 0.466 e. The second kappa shape index (κ2) is 60.9. The van der Waals surface area contributed by atoms with Crippen LogP contribution in [0.15, 0.2) is 24.3 Å². The van der Waals surface area contributed by atoms with Gasteiger partial charge in [-0.2, -0.15) is 0 Å². The van der Waals surface area contributed by atoms with Crippen molar-refractivity contribution in [3.05, 3.63) is 24.3 Å². The van der Waals surface area contributed by atoms with Gasteiger partial charge in [-0.15, -0.1) is 0 Å². The Morgan fingerprint density at radius 3 is 1.07 bits per heavy atom. The van der Waals surface area contributed by atoms with Crippen LogP contribution in [0, 0.1) is 0 Å². The van der Waals surface area contributed by atoms with Gasteiger partial charge in [0.25, 0.3) is 0 Å². The van der Waals surface area contributed by atoms with Gasteiger partial charge in [-0.05, 0) is 57.8 Å². The molecule has 0 saturated carbocycles. The fourth-order valence-corrected chi connectivity index (χ4v) is 10.1. The maximum Gasteiger partial charge on any atom is 0.305 e. The van der Waals surface area contributed by atoms with Crippen LogP contribution in [0.5, 0.6) is 0 Å². The second-order valence-electron chi connectivity index (χ2n) is 22.1. The Kier molecular flexibility index (Phi) is 59.5. The Morgan fingerprint density at radius 2 is 0.704 bits per heavy atom. The van der Waals surface area contributed by atoms with Crippen molar-refractivity contribution >= 4 is 11.9 Å². The number of unbranched alkanes of at least 4 members (excludes halogenated alkanes) is 45. The minimum absolute atomic E-state index is 0.0133. The molecule has 2 atom stereocenters. The number of esters is 1. The molecule has 0 aromatic rings. The quantitative estimate of drug-likeness (QED) is 0.0320. The summed E-state index contributed by atoms with van der Waals surface area (Å²) in [6.07, 6.45) is 74.8. The van der Waals surface area contributed by atoms with Crippen LogP contribution in [0.1, 0.15) is 354 Å². The minimum Gasteiger partial charge on any atom is -0.466 e. The minimum atomic E-state index is -0.665. The molecular weight excluding hydrogens is 875 g/mol. The van der Waals surface area contributed by atoms with E-state index >= 15 is 0 Å². The number of carbonyl (C=O) groups excluding carboxylic acids is 2. The second-order valence-corrected chi connectivity index (χ2v) is 22.1. The van der Waals surface area contributed by atoms with E-state index in [-0.39, 0.29) is 18.5 Å². The molecule has 0 heterocycles. The topological polar surface area (TPSA) is 95.9 Å². The highest BCUT2D eigenvalue weighted by Gasteiger charge is 2.20. The van der Waals surface area contributed by atoms with E-state index in [2.05, 4.69) is 43.5 Å². The third kappa shape index (κ3) is 57.5. The molecule has 6 heteroatoms. The highest BCUT2D eigenvalue weighted by Crippen LogP contribution is 2.18. The van der Waals surface area contributed by atoms with E-state index < -0.39 is 12.1 Å². The predicted molar refractivity (Wildman–Crippen MR) is 310 cm³/mol. The number of carbonyl (C=O) groups is 2. The molecule has 0 saturated heterocycles. The molecule has 0 aromatic heterocycles. The summed E-state index contributed by atoms with van der Waals surface area (Å²) in [6.45, 7) is 4.97. The van der Waals surface area contributed by atoms with Gasteiger partial charge in [0.2, 0.25) is 5.91 Å². The lowest BCUT2D eigenvalue weighted by Crippen LogP contribution is -2.45. The van der Waals surface area contributed by atoms with Crippen molar-refractivity contribution in [3.8, 4) is 0 Å². The number of aliphatic hydroxyl groups is 2. The Morgan fingerprint density at radius 1 is 0.394 bits per heavy atom. The van der Waals surface area contributed by atoms with E-state index in [1.165, 1.54) is 276 Å². The number of nitrogens with one attached hydrogen (secondary N) is 1. The van der Waals surface area contributed by atoms with Crippen LogP contribution in [0.25, 0.3) is 0 Å². The maximum atomic E-state index is 12.5. The molecule has 1 amide bonds. The SMILES string of the molecule is CCCCCCCCCCCCCCCCC(=O)OCCCCCCCCCCC/C=C\C/C=C\CCCCCCCCCCCCCC(=O)NC(CO)C(O)CCCCCCCCCCCCCCC. The summed E-state index contributed by atoms with van der Waals surface area (Å²) < 4.78 is 5.48. The Hall–Kier alpha value is -1.66. The maximum absolute atomic E-state index is 12.5. The number of amides is 1. The molecule has 3 N–H and O–H groups in total. The molecule has 2 unspecified atom stereocenters. The van der Waals surface area contributed by atoms with Crippen molar-refractivity contribution in [2.24, 2.45) is 0 Å². The summed E-state index contributed by atoms with van der Waals surface area (Å²) in [4.78, 5) is 24.5. The van der Waals surface area contributed by atoms with Crippen molar-refractivity contribution in [3.63, 3.8) is 0 Å². The van der Waals surface area contributed by atoms with E-state index in [1.807, 2.05) is 0 Å². The fraction of sp³-hybridized carbons (Fsp3) is 0.908. The van der Waals surface area contributed by atoms with Gasteiger partial charge in [0.15, 0.2) is 0 Å². The average Bonchev–Trinajstić information content (AvgIpc) is 3.37. The Labute approximate surface area is 443 Å². The molecule has 0 aromatic carbocycles. The zero-order chi connectivity index (χ0) is 51.4. The van der Waals surface area contributed by atoms with Crippen LogP contribution < -0.4 is 5.32 Å². The number of hydrogen-bond donors (Lipinski definition) is 3.